The zero-order chi connectivity index (χ0) is 38.2. The zero-order valence-electron chi connectivity index (χ0n) is 31.3. The largest absolute Gasteiger partial charge is 0.311 e. The van der Waals surface area contributed by atoms with Crippen molar-refractivity contribution in [3.05, 3.63) is 206 Å². The van der Waals surface area contributed by atoms with Crippen LogP contribution in [0.15, 0.2) is 206 Å². The van der Waals surface area contributed by atoms with Crippen molar-refractivity contribution in [1.82, 2.24) is 4.57 Å². The van der Waals surface area contributed by atoms with Gasteiger partial charge in [-0.1, -0.05) is 133 Å². The molecule has 0 aliphatic heterocycles. The molecule has 3 heterocycles. The lowest BCUT2D eigenvalue weighted by Gasteiger charge is -2.26. The number of rotatable bonds is 6. The number of hydrogen-bond acceptors (Lipinski definition) is 3. The van der Waals surface area contributed by atoms with Crippen molar-refractivity contribution in [2.24, 2.45) is 0 Å². The molecule has 0 saturated heterocycles. The van der Waals surface area contributed by atoms with E-state index in [1.165, 1.54) is 84.4 Å². The number of benzene rings is 9. The Morgan fingerprint density at radius 3 is 1.14 bits per heavy atom. The Morgan fingerprint density at radius 2 is 0.690 bits per heavy atom. The van der Waals surface area contributed by atoms with Gasteiger partial charge in [0.25, 0.3) is 0 Å². The molecular weight excluding hydrogens is 741 g/mol. The fourth-order valence-corrected chi connectivity index (χ4v) is 11.4. The lowest BCUT2D eigenvalue weighted by Crippen LogP contribution is -2.10. The highest BCUT2D eigenvalue weighted by molar-refractivity contribution is 7.28. The Kier molecular flexibility index (Phi) is 7.62. The standard InChI is InChI=1S/C54H34N2S2/c1-3-11-35(12-4-1)37-19-23-39(24-20-37)55(40-25-21-38(22-26-40)36-13-5-2-6-14-36)41-27-29-42(30-28-41)56-47-33-31-45-43-15-7-9-17-49(43)57-53(45)51(47)52-48(56)34-32-46-44-16-8-10-18-50(44)58-54(46)52/h1-34H. The van der Waals surface area contributed by atoms with Crippen molar-refractivity contribution in [3.8, 4) is 27.9 Å². The number of aromatic nitrogens is 1. The average Bonchev–Trinajstić information content (AvgIpc) is 3.97. The van der Waals surface area contributed by atoms with Crippen LogP contribution in [0.4, 0.5) is 17.1 Å². The number of thiophene rings is 2. The van der Waals surface area contributed by atoms with Gasteiger partial charge in [-0.3, -0.25) is 0 Å². The highest BCUT2D eigenvalue weighted by Gasteiger charge is 2.22. The Hall–Kier alpha value is -6.98. The van der Waals surface area contributed by atoms with Crippen LogP contribution in [-0.2, 0) is 0 Å². The van der Waals surface area contributed by atoms with Crippen molar-refractivity contribution in [1.29, 1.82) is 0 Å². The Morgan fingerprint density at radius 1 is 0.310 bits per heavy atom. The minimum atomic E-state index is 1.10. The lowest BCUT2D eigenvalue weighted by molar-refractivity contribution is 1.18. The number of nitrogens with zero attached hydrogens (tertiary/aromatic N) is 2. The summed E-state index contributed by atoms with van der Waals surface area (Å²) in [4.78, 5) is 2.36. The number of anilines is 3. The molecule has 3 aromatic heterocycles. The van der Waals surface area contributed by atoms with Crippen LogP contribution in [0.25, 0.3) is 90.1 Å². The van der Waals surface area contributed by atoms with Crippen LogP contribution in [0.5, 0.6) is 0 Å². The van der Waals surface area contributed by atoms with Crippen LogP contribution >= 0.6 is 22.7 Å². The third-order valence-electron chi connectivity index (χ3n) is 11.6. The molecule has 0 amide bonds. The molecule has 9 aromatic carbocycles. The molecule has 0 saturated carbocycles. The molecule has 2 nitrogen and oxygen atoms in total. The fourth-order valence-electron chi connectivity index (χ4n) is 8.89. The Bertz CT molecular complexity index is 3260. The highest BCUT2D eigenvalue weighted by atomic mass is 32.1. The van der Waals surface area contributed by atoms with Crippen LogP contribution < -0.4 is 4.90 Å². The summed E-state index contributed by atoms with van der Waals surface area (Å²) in [7, 11) is 0. The SMILES string of the molecule is c1ccc(-c2ccc(N(c3ccc(-c4ccccc4)cc3)c3ccc(-n4c5ccc6c7ccccc7sc6c5c5c6sc7ccccc7c6ccc54)cc3)cc2)cc1. The first-order valence-corrected chi connectivity index (χ1v) is 21.3. The van der Waals surface area contributed by atoms with Crippen LogP contribution in [0, 0.1) is 0 Å². The van der Waals surface area contributed by atoms with Gasteiger partial charge >= 0.3 is 0 Å². The van der Waals surface area contributed by atoms with Crippen LogP contribution in [0.3, 0.4) is 0 Å². The second kappa shape index (κ2) is 13.3. The van der Waals surface area contributed by atoms with E-state index in [0.717, 1.165) is 22.7 Å². The van der Waals surface area contributed by atoms with Gasteiger partial charge in [-0.25, -0.2) is 0 Å². The van der Waals surface area contributed by atoms with E-state index >= 15 is 0 Å². The Balaban J connectivity index is 1.04. The summed E-state index contributed by atoms with van der Waals surface area (Å²) in [5.41, 5.74) is 11.7. The van der Waals surface area contributed by atoms with Crippen molar-refractivity contribution in [2.45, 2.75) is 0 Å². The molecule has 0 aliphatic carbocycles. The van der Waals surface area contributed by atoms with E-state index in [4.69, 9.17) is 0 Å². The van der Waals surface area contributed by atoms with Crippen molar-refractivity contribution >= 4 is 102 Å². The van der Waals surface area contributed by atoms with Gasteiger partial charge in [0.05, 0.1) is 11.0 Å². The van der Waals surface area contributed by atoms with E-state index in [1.54, 1.807) is 0 Å². The molecule has 0 N–H and O–H groups in total. The second-order valence-electron chi connectivity index (χ2n) is 14.9. The van der Waals surface area contributed by atoms with E-state index in [-0.39, 0.29) is 0 Å². The monoisotopic (exact) mass is 774 g/mol. The summed E-state index contributed by atoms with van der Waals surface area (Å²) in [5.74, 6) is 0. The van der Waals surface area contributed by atoms with Crippen molar-refractivity contribution < 1.29 is 0 Å². The maximum Gasteiger partial charge on any atom is 0.0556 e. The zero-order valence-corrected chi connectivity index (χ0v) is 33.0. The summed E-state index contributed by atoms with van der Waals surface area (Å²) in [6, 6.07) is 75.2. The third-order valence-corrected chi connectivity index (χ3v) is 14.0. The second-order valence-corrected chi connectivity index (χ2v) is 17.0. The third kappa shape index (κ3) is 5.23. The van der Waals surface area contributed by atoms with Crippen LogP contribution in [0.2, 0.25) is 0 Å². The molecule has 58 heavy (non-hydrogen) atoms. The van der Waals surface area contributed by atoms with Crippen LogP contribution in [-0.4, -0.2) is 4.57 Å². The molecule has 0 unspecified atom stereocenters. The van der Waals surface area contributed by atoms with E-state index in [0.29, 0.717) is 0 Å². The molecule has 272 valence electrons. The first-order valence-electron chi connectivity index (χ1n) is 19.7. The van der Waals surface area contributed by atoms with E-state index < -0.39 is 0 Å². The Labute approximate surface area is 343 Å². The predicted molar refractivity (Wildman–Crippen MR) is 252 cm³/mol. The van der Waals surface area contributed by atoms with Gasteiger partial charge < -0.3 is 9.47 Å². The predicted octanol–water partition coefficient (Wildman–Crippen LogP) is 16.3. The molecular formula is C54H34N2S2. The quantitative estimate of drug-likeness (QED) is 0.163. The minimum Gasteiger partial charge on any atom is -0.311 e. The molecule has 0 bridgehead atoms. The normalized spacial score (nSPS) is 11.8. The smallest absolute Gasteiger partial charge is 0.0556 e. The first kappa shape index (κ1) is 33.2. The minimum absolute atomic E-state index is 1.10. The molecule has 0 fully saturated rings. The molecule has 12 aromatic rings. The number of fused-ring (bicyclic) bond motifs is 11. The summed E-state index contributed by atoms with van der Waals surface area (Å²) in [6.07, 6.45) is 0. The van der Waals surface area contributed by atoms with Gasteiger partial charge in [-0.05, 0) is 95.1 Å². The summed E-state index contributed by atoms with van der Waals surface area (Å²) in [5, 5.41) is 7.99. The van der Waals surface area contributed by atoms with Gasteiger partial charge in [-0.2, -0.15) is 0 Å². The topological polar surface area (TPSA) is 8.17 Å². The molecule has 0 radical (unpaired) electrons. The van der Waals surface area contributed by atoms with Gasteiger partial charge in [-0.15, -0.1) is 22.7 Å². The van der Waals surface area contributed by atoms with E-state index in [2.05, 4.69) is 216 Å². The molecule has 12 rings (SSSR count). The lowest BCUT2D eigenvalue weighted by atomic mass is 10.0. The fraction of sp³-hybridized carbons (Fsp3) is 0. The maximum absolute atomic E-state index is 2.48. The van der Waals surface area contributed by atoms with E-state index in [9.17, 15) is 0 Å². The van der Waals surface area contributed by atoms with Gasteiger partial charge in [0, 0.05) is 73.9 Å². The molecule has 0 spiro atoms. The highest BCUT2D eigenvalue weighted by Crippen LogP contribution is 2.48. The summed E-state index contributed by atoms with van der Waals surface area (Å²) >= 11 is 3.83. The van der Waals surface area contributed by atoms with Crippen molar-refractivity contribution in [3.63, 3.8) is 0 Å². The summed E-state index contributed by atoms with van der Waals surface area (Å²) in [6.45, 7) is 0. The maximum atomic E-state index is 2.48. The van der Waals surface area contributed by atoms with Gasteiger partial charge in [0.1, 0.15) is 0 Å². The molecule has 0 atom stereocenters. The van der Waals surface area contributed by atoms with Gasteiger partial charge in [0.2, 0.25) is 0 Å². The van der Waals surface area contributed by atoms with Crippen LogP contribution in [0.1, 0.15) is 0 Å². The van der Waals surface area contributed by atoms with E-state index in [1.807, 2.05) is 22.7 Å². The summed E-state index contributed by atoms with van der Waals surface area (Å²) < 4.78 is 7.84. The number of hydrogen-bond donors (Lipinski definition) is 0. The molecule has 0 aliphatic rings. The van der Waals surface area contributed by atoms with Gasteiger partial charge in [0.15, 0.2) is 0 Å². The van der Waals surface area contributed by atoms with Crippen molar-refractivity contribution in [2.75, 3.05) is 4.90 Å². The average molecular weight is 775 g/mol. The first-order chi connectivity index (χ1) is 28.8. The molecule has 4 heteroatoms.